The van der Waals surface area contributed by atoms with Gasteiger partial charge < -0.3 is 14.2 Å². The van der Waals surface area contributed by atoms with Crippen LogP contribution in [-0.4, -0.2) is 54.2 Å². The van der Waals surface area contributed by atoms with Crippen LogP contribution in [0.2, 0.25) is 0 Å². The average molecular weight is 269 g/mol. The Morgan fingerprint density at radius 2 is 1.53 bits per heavy atom. The molecule has 0 N–H and O–H groups in total. The summed E-state index contributed by atoms with van der Waals surface area (Å²) in [5.41, 5.74) is -0.0744. The minimum atomic E-state index is -0.268. The molecule has 3 aliphatic heterocycles. The van der Waals surface area contributed by atoms with E-state index in [1.165, 1.54) is 0 Å². The molecule has 19 heavy (non-hydrogen) atoms. The molecular weight excluding hydrogens is 242 g/mol. The number of piperidine rings is 1. The van der Waals surface area contributed by atoms with E-state index in [4.69, 9.17) is 14.2 Å². The molecule has 4 nitrogen and oxygen atoms in total. The molecule has 110 valence electrons. The SMILES string of the molecule is CC1(C)CC(N2CCC3(CC2)OCCO3)C(C)(C)O1. The van der Waals surface area contributed by atoms with Crippen LogP contribution in [0.3, 0.4) is 0 Å². The Hall–Kier alpha value is -0.160. The fourth-order valence-corrected chi connectivity index (χ4v) is 4.06. The van der Waals surface area contributed by atoms with Crippen molar-refractivity contribution in [1.82, 2.24) is 4.90 Å². The fourth-order valence-electron chi connectivity index (χ4n) is 4.06. The lowest BCUT2D eigenvalue weighted by Crippen LogP contribution is -2.53. The molecule has 3 heterocycles. The molecule has 3 rings (SSSR count). The van der Waals surface area contributed by atoms with E-state index in [1.807, 2.05) is 0 Å². The first-order chi connectivity index (χ1) is 8.82. The Morgan fingerprint density at radius 1 is 0.947 bits per heavy atom. The Labute approximate surface area is 116 Å². The summed E-state index contributed by atoms with van der Waals surface area (Å²) >= 11 is 0. The normalized spacial score (nSPS) is 36.9. The van der Waals surface area contributed by atoms with Gasteiger partial charge in [0.2, 0.25) is 0 Å². The Bertz CT molecular complexity index is 337. The van der Waals surface area contributed by atoms with Gasteiger partial charge in [0.05, 0.1) is 24.4 Å². The van der Waals surface area contributed by atoms with E-state index in [-0.39, 0.29) is 17.0 Å². The van der Waals surface area contributed by atoms with Crippen LogP contribution in [0.4, 0.5) is 0 Å². The van der Waals surface area contributed by atoms with Crippen LogP contribution < -0.4 is 0 Å². The van der Waals surface area contributed by atoms with E-state index in [0.717, 1.165) is 45.6 Å². The predicted molar refractivity (Wildman–Crippen MR) is 73.1 cm³/mol. The number of nitrogens with zero attached hydrogens (tertiary/aromatic N) is 1. The lowest BCUT2D eigenvalue weighted by Gasteiger charge is -2.43. The highest BCUT2D eigenvalue weighted by Crippen LogP contribution is 2.42. The van der Waals surface area contributed by atoms with Crippen LogP contribution in [0.1, 0.15) is 47.0 Å². The highest BCUT2D eigenvalue weighted by molar-refractivity contribution is 5.01. The maximum Gasteiger partial charge on any atom is 0.170 e. The molecule has 4 heteroatoms. The van der Waals surface area contributed by atoms with Gasteiger partial charge in [-0.15, -0.1) is 0 Å². The number of likely N-dealkylation sites (tertiary alicyclic amines) is 1. The molecule has 3 saturated heterocycles. The van der Waals surface area contributed by atoms with Crippen LogP contribution in [-0.2, 0) is 14.2 Å². The van der Waals surface area contributed by atoms with Crippen molar-refractivity contribution in [1.29, 1.82) is 0 Å². The summed E-state index contributed by atoms with van der Waals surface area (Å²) in [5, 5.41) is 0. The second kappa shape index (κ2) is 4.42. The first-order valence-electron chi connectivity index (χ1n) is 7.54. The van der Waals surface area contributed by atoms with Crippen molar-refractivity contribution in [2.45, 2.75) is 70.0 Å². The quantitative estimate of drug-likeness (QED) is 0.730. The summed E-state index contributed by atoms with van der Waals surface area (Å²) in [6.07, 6.45) is 3.08. The van der Waals surface area contributed by atoms with Crippen LogP contribution in [0.5, 0.6) is 0 Å². The van der Waals surface area contributed by atoms with Crippen LogP contribution >= 0.6 is 0 Å². The molecule has 0 aromatic heterocycles. The fraction of sp³-hybridized carbons (Fsp3) is 1.00. The Kier molecular flexibility index (Phi) is 3.21. The molecule has 0 bridgehead atoms. The van der Waals surface area contributed by atoms with Crippen molar-refractivity contribution >= 4 is 0 Å². The maximum atomic E-state index is 6.21. The van der Waals surface area contributed by atoms with E-state index in [9.17, 15) is 0 Å². The van der Waals surface area contributed by atoms with Gasteiger partial charge in [-0.05, 0) is 34.1 Å². The van der Waals surface area contributed by atoms with Crippen molar-refractivity contribution in [3.8, 4) is 0 Å². The number of hydrogen-bond donors (Lipinski definition) is 0. The Morgan fingerprint density at radius 3 is 2.00 bits per heavy atom. The highest BCUT2D eigenvalue weighted by atomic mass is 16.7. The lowest BCUT2D eigenvalue weighted by atomic mass is 9.90. The molecule has 1 spiro atoms. The smallest absolute Gasteiger partial charge is 0.170 e. The highest BCUT2D eigenvalue weighted by Gasteiger charge is 2.50. The van der Waals surface area contributed by atoms with Gasteiger partial charge in [0.25, 0.3) is 0 Å². The summed E-state index contributed by atoms with van der Waals surface area (Å²) in [6.45, 7) is 12.4. The van der Waals surface area contributed by atoms with Gasteiger partial charge >= 0.3 is 0 Å². The predicted octanol–water partition coefficient (Wildman–Crippen LogP) is 2.17. The van der Waals surface area contributed by atoms with Gasteiger partial charge in [-0.3, -0.25) is 4.90 Å². The minimum Gasteiger partial charge on any atom is -0.368 e. The standard InChI is InChI=1S/C15H27NO3/c1-13(2)11-12(14(3,4)19-13)16-7-5-15(6-8-16)17-9-10-18-15/h12H,5-11H2,1-4H3. The topological polar surface area (TPSA) is 30.9 Å². The third-order valence-corrected chi connectivity index (χ3v) is 4.84. The van der Waals surface area contributed by atoms with E-state index in [1.54, 1.807) is 0 Å². The summed E-state index contributed by atoms with van der Waals surface area (Å²) in [6, 6.07) is 0.501. The third kappa shape index (κ3) is 2.56. The van der Waals surface area contributed by atoms with Gasteiger partial charge in [-0.1, -0.05) is 0 Å². The van der Waals surface area contributed by atoms with Crippen LogP contribution in [0.25, 0.3) is 0 Å². The Balaban J connectivity index is 1.65. The van der Waals surface area contributed by atoms with E-state index in [2.05, 4.69) is 32.6 Å². The zero-order valence-electron chi connectivity index (χ0n) is 12.7. The molecule has 3 aliphatic rings. The van der Waals surface area contributed by atoms with Crippen molar-refractivity contribution in [2.75, 3.05) is 26.3 Å². The first kappa shape index (κ1) is 13.8. The number of rotatable bonds is 1. The van der Waals surface area contributed by atoms with Crippen molar-refractivity contribution in [3.63, 3.8) is 0 Å². The average Bonchev–Trinajstić information content (AvgIpc) is 2.83. The van der Waals surface area contributed by atoms with Crippen LogP contribution in [0, 0.1) is 0 Å². The summed E-state index contributed by atoms with van der Waals surface area (Å²) in [4.78, 5) is 2.57. The van der Waals surface area contributed by atoms with Crippen molar-refractivity contribution in [3.05, 3.63) is 0 Å². The minimum absolute atomic E-state index is 0.0103. The molecule has 3 fully saturated rings. The molecule has 0 saturated carbocycles. The second-order valence-corrected chi connectivity index (χ2v) is 7.33. The van der Waals surface area contributed by atoms with Gasteiger partial charge in [-0.25, -0.2) is 0 Å². The second-order valence-electron chi connectivity index (χ2n) is 7.33. The van der Waals surface area contributed by atoms with E-state index < -0.39 is 0 Å². The molecule has 0 amide bonds. The van der Waals surface area contributed by atoms with Gasteiger partial charge in [-0.2, -0.15) is 0 Å². The molecular formula is C15H27NO3. The van der Waals surface area contributed by atoms with Gasteiger partial charge in [0, 0.05) is 32.0 Å². The zero-order valence-corrected chi connectivity index (χ0v) is 12.7. The summed E-state index contributed by atoms with van der Waals surface area (Å²) < 4.78 is 17.8. The maximum absolute atomic E-state index is 6.21. The molecule has 0 aliphatic carbocycles. The summed E-state index contributed by atoms with van der Waals surface area (Å²) in [5.74, 6) is -0.268. The largest absolute Gasteiger partial charge is 0.368 e. The molecule has 1 atom stereocenters. The van der Waals surface area contributed by atoms with Gasteiger partial charge in [0.15, 0.2) is 5.79 Å². The molecule has 0 radical (unpaired) electrons. The van der Waals surface area contributed by atoms with Crippen molar-refractivity contribution in [2.24, 2.45) is 0 Å². The van der Waals surface area contributed by atoms with Crippen molar-refractivity contribution < 1.29 is 14.2 Å². The van der Waals surface area contributed by atoms with Crippen LogP contribution in [0.15, 0.2) is 0 Å². The number of hydrogen-bond acceptors (Lipinski definition) is 4. The molecule has 0 aromatic carbocycles. The van der Waals surface area contributed by atoms with Gasteiger partial charge in [0.1, 0.15) is 0 Å². The van der Waals surface area contributed by atoms with E-state index in [0.29, 0.717) is 6.04 Å². The van der Waals surface area contributed by atoms with E-state index >= 15 is 0 Å². The zero-order chi connectivity index (χ0) is 13.7. The monoisotopic (exact) mass is 269 g/mol. The summed E-state index contributed by atoms with van der Waals surface area (Å²) in [7, 11) is 0. The lowest BCUT2D eigenvalue weighted by molar-refractivity contribution is -0.191. The number of ether oxygens (including phenoxy) is 3. The first-order valence-corrected chi connectivity index (χ1v) is 7.54. The molecule has 0 aromatic rings. The molecule has 1 unspecified atom stereocenters. The third-order valence-electron chi connectivity index (χ3n) is 4.84.